The van der Waals surface area contributed by atoms with Crippen LogP contribution in [0, 0.1) is 0 Å². The van der Waals surface area contributed by atoms with Crippen molar-refractivity contribution in [2.75, 3.05) is 13.2 Å². The lowest BCUT2D eigenvalue weighted by molar-refractivity contribution is -0.134. The number of aromatic nitrogens is 1. The van der Waals surface area contributed by atoms with Crippen molar-refractivity contribution in [2.45, 2.75) is 25.3 Å². The second kappa shape index (κ2) is 7.51. The Hall–Kier alpha value is -2.48. The highest BCUT2D eigenvalue weighted by Crippen LogP contribution is 2.10. The molecule has 0 aromatic carbocycles. The summed E-state index contributed by atoms with van der Waals surface area (Å²) < 4.78 is 5.30. The Bertz CT molecular complexity index is 558. The summed E-state index contributed by atoms with van der Waals surface area (Å²) in [5.41, 5.74) is 0.152. The molecule has 0 radical (unpaired) electrons. The molecule has 1 aliphatic heterocycles. The molecule has 1 saturated heterocycles. The van der Waals surface area contributed by atoms with Crippen LogP contribution in [0.3, 0.4) is 0 Å². The number of pyridine rings is 1. The molecule has 118 valence electrons. The molecular formula is C14H17N3O5. The summed E-state index contributed by atoms with van der Waals surface area (Å²) in [5, 5.41) is 13.4. The monoisotopic (exact) mass is 307 g/mol. The van der Waals surface area contributed by atoms with E-state index in [2.05, 4.69) is 15.6 Å². The Balaban J connectivity index is 1.89. The molecule has 1 aliphatic rings. The first-order valence-electron chi connectivity index (χ1n) is 6.94. The van der Waals surface area contributed by atoms with E-state index in [4.69, 9.17) is 9.84 Å². The van der Waals surface area contributed by atoms with Crippen molar-refractivity contribution in [3.05, 3.63) is 24.0 Å². The Morgan fingerprint density at radius 2 is 2.27 bits per heavy atom. The van der Waals surface area contributed by atoms with Crippen LogP contribution >= 0.6 is 0 Å². The molecule has 8 nitrogen and oxygen atoms in total. The lowest BCUT2D eigenvalue weighted by Gasteiger charge is -2.21. The van der Waals surface area contributed by atoms with Gasteiger partial charge in [0.15, 0.2) is 0 Å². The molecule has 3 amide bonds. The van der Waals surface area contributed by atoms with Crippen LogP contribution < -0.4 is 15.4 Å². The number of carbonyl (C=O) groups excluding carboxylic acids is 3. The molecule has 1 fully saturated rings. The summed E-state index contributed by atoms with van der Waals surface area (Å²) in [5.74, 6) is -0.839. The highest BCUT2D eigenvalue weighted by atomic mass is 16.5. The molecule has 3 N–H and O–H groups in total. The molecule has 1 aromatic heterocycles. The molecule has 1 atom stereocenters. The maximum absolute atomic E-state index is 12.0. The number of amides is 3. The first-order chi connectivity index (χ1) is 10.6. The molecule has 8 heteroatoms. The quantitative estimate of drug-likeness (QED) is 0.476. The Labute approximate surface area is 126 Å². The molecule has 0 saturated carbocycles. The first-order valence-corrected chi connectivity index (χ1v) is 6.94. The van der Waals surface area contributed by atoms with Crippen molar-refractivity contribution in [3.63, 3.8) is 0 Å². The molecule has 1 aromatic rings. The Morgan fingerprint density at radius 3 is 2.91 bits per heavy atom. The Morgan fingerprint density at radius 1 is 1.45 bits per heavy atom. The topological polar surface area (TPSA) is 118 Å². The predicted octanol–water partition coefficient (Wildman–Crippen LogP) is -0.622. The zero-order chi connectivity index (χ0) is 15.9. The van der Waals surface area contributed by atoms with Gasteiger partial charge in [-0.05, 0) is 18.6 Å². The average Bonchev–Trinajstić information content (AvgIpc) is 2.51. The van der Waals surface area contributed by atoms with Crippen LogP contribution in [0.1, 0.15) is 29.8 Å². The average molecular weight is 307 g/mol. The van der Waals surface area contributed by atoms with Crippen molar-refractivity contribution in [1.82, 2.24) is 15.6 Å². The van der Waals surface area contributed by atoms with Crippen molar-refractivity contribution in [3.8, 4) is 5.75 Å². The number of hydrogen-bond acceptors (Lipinski definition) is 6. The standard InChI is InChI=1S/C14H17N3O5/c18-6-1-7-22-9-2-3-10(15-8-9)13(20)16-11-4-5-12(19)17-14(11)21/h2-3,8,11,18H,1,4-7H2,(H,16,20)(H,17,19,21). The zero-order valence-electron chi connectivity index (χ0n) is 11.9. The number of imide groups is 1. The van der Waals surface area contributed by atoms with Gasteiger partial charge in [0.1, 0.15) is 17.5 Å². The fourth-order valence-corrected chi connectivity index (χ4v) is 1.92. The lowest BCUT2D eigenvalue weighted by Crippen LogP contribution is -2.52. The van der Waals surface area contributed by atoms with E-state index in [-0.39, 0.29) is 31.0 Å². The van der Waals surface area contributed by atoms with Crippen LogP contribution in [0.4, 0.5) is 0 Å². The van der Waals surface area contributed by atoms with Crippen LogP contribution in [0.5, 0.6) is 5.75 Å². The van der Waals surface area contributed by atoms with E-state index < -0.39 is 17.9 Å². The third-order valence-corrected chi connectivity index (χ3v) is 3.08. The predicted molar refractivity (Wildman–Crippen MR) is 75.1 cm³/mol. The molecule has 0 bridgehead atoms. The molecular weight excluding hydrogens is 290 g/mol. The second-order valence-electron chi connectivity index (χ2n) is 4.78. The van der Waals surface area contributed by atoms with E-state index in [1.807, 2.05) is 0 Å². The summed E-state index contributed by atoms with van der Waals surface area (Å²) in [6, 6.07) is 2.34. The molecule has 2 heterocycles. The van der Waals surface area contributed by atoms with E-state index >= 15 is 0 Å². The van der Waals surface area contributed by atoms with Crippen LogP contribution in [0.25, 0.3) is 0 Å². The van der Waals surface area contributed by atoms with Gasteiger partial charge in [0.25, 0.3) is 5.91 Å². The molecule has 1 unspecified atom stereocenters. The number of aliphatic hydroxyl groups excluding tert-OH is 1. The summed E-state index contributed by atoms with van der Waals surface area (Å²) in [4.78, 5) is 38.6. The molecule has 2 rings (SSSR count). The number of ether oxygens (including phenoxy) is 1. The number of nitrogens with one attached hydrogen (secondary N) is 2. The summed E-state index contributed by atoms with van der Waals surface area (Å²) in [6.45, 7) is 0.403. The third kappa shape index (κ3) is 4.26. The van der Waals surface area contributed by atoms with Gasteiger partial charge < -0.3 is 15.2 Å². The van der Waals surface area contributed by atoms with E-state index in [9.17, 15) is 14.4 Å². The van der Waals surface area contributed by atoms with Gasteiger partial charge in [-0.1, -0.05) is 0 Å². The van der Waals surface area contributed by atoms with Gasteiger partial charge in [0, 0.05) is 19.4 Å². The minimum Gasteiger partial charge on any atom is -0.492 e. The van der Waals surface area contributed by atoms with Crippen molar-refractivity contribution >= 4 is 17.7 Å². The minimum atomic E-state index is -0.729. The van der Waals surface area contributed by atoms with Crippen LogP contribution in [-0.2, 0) is 9.59 Å². The highest BCUT2D eigenvalue weighted by molar-refractivity contribution is 6.03. The summed E-state index contributed by atoms with van der Waals surface area (Å²) in [6.07, 6.45) is 2.38. The smallest absolute Gasteiger partial charge is 0.270 e. The normalized spacial score (nSPS) is 17.8. The van der Waals surface area contributed by atoms with Gasteiger partial charge in [-0.25, -0.2) is 4.98 Å². The summed E-state index contributed by atoms with van der Waals surface area (Å²) in [7, 11) is 0. The van der Waals surface area contributed by atoms with Gasteiger partial charge >= 0.3 is 0 Å². The van der Waals surface area contributed by atoms with E-state index in [0.29, 0.717) is 18.8 Å². The van der Waals surface area contributed by atoms with Gasteiger partial charge in [-0.15, -0.1) is 0 Å². The lowest BCUT2D eigenvalue weighted by atomic mass is 10.1. The number of aliphatic hydroxyl groups is 1. The summed E-state index contributed by atoms with van der Waals surface area (Å²) >= 11 is 0. The van der Waals surface area contributed by atoms with E-state index in [1.54, 1.807) is 6.07 Å². The number of hydrogen-bond donors (Lipinski definition) is 3. The number of piperidine rings is 1. The highest BCUT2D eigenvalue weighted by Gasteiger charge is 2.28. The van der Waals surface area contributed by atoms with Crippen molar-refractivity contribution < 1.29 is 24.2 Å². The fourth-order valence-electron chi connectivity index (χ4n) is 1.92. The van der Waals surface area contributed by atoms with E-state index in [0.717, 1.165) is 0 Å². The van der Waals surface area contributed by atoms with Gasteiger partial charge in [-0.2, -0.15) is 0 Å². The zero-order valence-corrected chi connectivity index (χ0v) is 11.9. The largest absolute Gasteiger partial charge is 0.492 e. The van der Waals surface area contributed by atoms with Gasteiger partial charge in [0.05, 0.1) is 12.8 Å². The third-order valence-electron chi connectivity index (χ3n) is 3.08. The molecule has 22 heavy (non-hydrogen) atoms. The van der Waals surface area contributed by atoms with Crippen LogP contribution in [0.2, 0.25) is 0 Å². The maximum atomic E-state index is 12.0. The van der Waals surface area contributed by atoms with Crippen molar-refractivity contribution in [1.29, 1.82) is 0 Å². The van der Waals surface area contributed by atoms with Crippen molar-refractivity contribution in [2.24, 2.45) is 0 Å². The van der Waals surface area contributed by atoms with E-state index in [1.165, 1.54) is 12.3 Å². The molecule has 0 aliphatic carbocycles. The number of nitrogens with zero attached hydrogens (tertiary/aromatic N) is 1. The molecule has 0 spiro atoms. The second-order valence-corrected chi connectivity index (χ2v) is 4.78. The Kier molecular flexibility index (Phi) is 5.42. The SMILES string of the molecule is O=C1CCC(NC(=O)c2ccc(OCCCO)cn2)C(=O)N1. The first kappa shape index (κ1) is 15.9. The fraction of sp³-hybridized carbons (Fsp3) is 0.429. The van der Waals surface area contributed by atoms with Gasteiger partial charge in [0.2, 0.25) is 11.8 Å². The van der Waals surface area contributed by atoms with Crippen LogP contribution in [-0.4, -0.2) is 47.1 Å². The van der Waals surface area contributed by atoms with Gasteiger partial charge in [-0.3, -0.25) is 19.7 Å². The maximum Gasteiger partial charge on any atom is 0.270 e. The van der Waals surface area contributed by atoms with Crippen LogP contribution in [0.15, 0.2) is 18.3 Å². The minimum absolute atomic E-state index is 0.0415. The number of rotatable bonds is 6. The number of carbonyl (C=O) groups is 3.